The van der Waals surface area contributed by atoms with Gasteiger partial charge in [-0.1, -0.05) is 0 Å². The van der Waals surface area contributed by atoms with E-state index in [0.29, 0.717) is 5.69 Å². The molecule has 1 heterocycles. The monoisotopic (exact) mass is 192 g/mol. The Morgan fingerprint density at radius 1 is 1.64 bits per heavy atom. The molecular formula is C10H16N4. The molecule has 0 aliphatic carbocycles. The van der Waals surface area contributed by atoms with E-state index in [-0.39, 0.29) is 5.41 Å². The lowest BCUT2D eigenvalue weighted by Crippen LogP contribution is -2.09. The summed E-state index contributed by atoms with van der Waals surface area (Å²) in [5, 5.41) is 12.9. The van der Waals surface area contributed by atoms with Crippen molar-refractivity contribution < 1.29 is 0 Å². The smallest absolute Gasteiger partial charge is 0.0719 e. The van der Waals surface area contributed by atoms with Gasteiger partial charge in [-0.15, -0.1) is 0 Å². The third-order valence-electron chi connectivity index (χ3n) is 2.14. The van der Waals surface area contributed by atoms with Gasteiger partial charge in [-0.3, -0.25) is 4.68 Å². The summed E-state index contributed by atoms with van der Waals surface area (Å²) in [5.41, 5.74) is 5.97. The molecule has 0 aliphatic heterocycles. The molecule has 4 nitrogen and oxygen atoms in total. The van der Waals surface area contributed by atoms with Crippen LogP contribution in [-0.4, -0.2) is 9.78 Å². The van der Waals surface area contributed by atoms with E-state index >= 15 is 0 Å². The summed E-state index contributed by atoms with van der Waals surface area (Å²) in [7, 11) is 0. The van der Waals surface area contributed by atoms with Crippen molar-refractivity contribution in [2.24, 2.45) is 5.41 Å². The number of hydrogen-bond donors (Lipinski definition) is 1. The number of aromatic nitrogens is 2. The van der Waals surface area contributed by atoms with Crippen molar-refractivity contribution in [2.45, 2.75) is 33.2 Å². The highest BCUT2D eigenvalue weighted by atomic mass is 15.3. The Bertz CT molecular complexity index is 332. The summed E-state index contributed by atoms with van der Waals surface area (Å²) >= 11 is 0. The van der Waals surface area contributed by atoms with Crippen LogP contribution in [0.2, 0.25) is 0 Å². The van der Waals surface area contributed by atoms with Crippen LogP contribution < -0.4 is 5.73 Å². The van der Waals surface area contributed by atoms with Crippen molar-refractivity contribution >= 4 is 5.69 Å². The molecule has 0 spiro atoms. The first-order chi connectivity index (χ1) is 6.53. The van der Waals surface area contributed by atoms with E-state index in [9.17, 15) is 0 Å². The van der Waals surface area contributed by atoms with Gasteiger partial charge in [0.2, 0.25) is 0 Å². The molecule has 14 heavy (non-hydrogen) atoms. The van der Waals surface area contributed by atoms with Crippen LogP contribution in [0.25, 0.3) is 0 Å². The predicted molar refractivity (Wildman–Crippen MR) is 55.3 cm³/mol. The van der Waals surface area contributed by atoms with Crippen LogP contribution in [0.4, 0.5) is 5.69 Å². The molecule has 0 unspecified atom stereocenters. The zero-order valence-corrected chi connectivity index (χ0v) is 8.70. The number of aryl methyl sites for hydroxylation is 1. The Balaban J connectivity index is 2.33. The first kappa shape index (κ1) is 10.6. The normalized spacial score (nSPS) is 11.2. The van der Waals surface area contributed by atoms with Crippen molar-refractivity contribution in [2.75, 3.05) is 5.73 Å². The number of nitrogens with zero attached hydrogens (tertiary/aromatic N) is 3. The highest BCUT2D eigenvalue weighted by molar-refractivity contribution is 5.30. The molecular weight excluding hydrogens is 176 g/mol. The fraction of sp³-hybridized carbons (Fsp3) is 0.600. The molecule has 0 atom stereocenters. The fourth-order valence-corrected chi connectivity index (χ4v) is 1.24. The van der Waals surface area contributed by atoms with Gasteiger partial charge in [-0.05, 0) is 26.7 Å². The molecule has 76 valence electrons. The lowest BCUT2D eigenvalue weighted by atomic mass is 9.90. The van der Waals surface area contributed by atoms with Gasteiger partial charge in [0.25, 0.3) is 0 Å². The van der Waals surface area contributed by atoms with Crippen molar-refractivity contribution in [1.82, 2.24) is 9.78 Å². The van der Waals surface area contributed by atoms with Crippen molar-refractivity contribution in [3.63, 3.8) is 0 Å². The molecule has 0 aliphatic rings. The number of anilines is 1. The minimum atomic E-state index is -0.237. The molecule has 0 fully saturated rings. The van der Waals surface area contributed by atoms with E-state index in [0.717, 1.165) is 19.4 Å². The quantitative estimate of drug-likeness (QED) is 0.790. The van der Waals surface area contributed by atoms with Crippen LogP contribution in [0, 0.1) is 16.7 Å². The topological polar surface area (TPSA) is 67.6 Å². The lowest BCUT2D eigenvalue weighted by Gasteiger charge is -2.14. The van der Waals surface area contributed by atoms with E-state index < -0.39 is 0 Å². The Hall–Kier alpha value is -1.50. The number of nitrogen functional groups attached to an aromatic ring is 1. The van der Waals surface area contributed by atoms with E-state index in [1.54, 1.807) is 12.4 Å². The highest BCUT2D eigenvalue weighted by Gasteiger charge is 2.15. The molecule has 1 rings (SSSR count). The molecule has 0 amide bonds. The van der Waals surface area contributed by atoms with Gasteiger partial charge < -0.3 is 5.73 Å². The minimum absolute atomic E-state index is 0.237. The largest absolute Gasteiger partial charge is 0.396 e. The first-order valence-electron chi connectivity index (χ1n) is 4.73. The van der Waals surface area contributed by atoms with Gasteiger partial charge in [0.05, 0.1) is 23.4 Å². The van der Waals surface area contributed by atoms with Crippen molar-refractivity contribution in [3.8, 4) is 6.07 Å². The van der Waals surface area contributed by atoms with Gasteiger partial charge in [-0.25, -0.2) is 0 Å². The summed E-state index contributed by atoms with van der Waals surface area (Å²) in [5.74, 6) is 0. The lowest BCUT2D eigenvalue weighted by molar-refractivity contribution is 0.407. The third-order valence-corrected chi connectivity index (χ3v) is 2.14. The summed E-state index contributed by atoms with van der Waals surface area (Å²) in [6, 6.07) is 2.28. The van der Waals surface area contributed by atoms with Gasteiger partial charge in [0.15, 0.2) is 0 Å². The number of nitrogens with two attached hydrogens (primary N) is 1. The standard InChI is InChI=1S/C10H16N4/c1-10(2,8-11)4-3-5-14-7-9(12)6-13-14/h6-7H,3-5,12H2,1-2H3. The average molecular weight is 192 g/mol. The molecule has 0 saturated carbocycles. The summed E-state index contributed by atoms with van der Waals surface area (Å²) < 4.78 is 1.81. The maximum absolute atomic E-state index is 8.80. The van der Waals surface area contributed by atoms with Gasteiger partial charge in [0.1, 0.15) is 0 Å². The van der Waals surface area contributed by atoms with Crippen LogP contribution >= 0.6 is 0 Å². The van der Waals surface area contributed by atoms with Crippen molar-refractivity contribution in [3.05, 3.63) is 12.4 Å². The molecule has 0 radical (unpaired) electrons. The second kappa shape index (κ2) is 4.14. The molecule has 0 bridgehead atoms. The SMILES string of the molecule is CC(C)(C#N)CCCn1cc(N)cn1. The van der Waals surface area contributed by atoms with Gasteiger partial charge in [0, 0.05) is 12.7 Å². The molecule has 1 aromatic rings. The number of hydrogen-bond acceptors (Lipinski definition) is 3. The second-order valence-electron chi connectivity index (χ2n) is 4.14. The first-order valence-corrected chi connectivity index (χ1v) is 4.73. The summed E-state index contributed by atoms with van der Waals surface area (Å²) in [6.45, 7) is 4.72. The van der Waals surface area contributed by atoms with Gasteiger partial charge in [-0.2, -0.15) is 10.4 Å². The Morgan fingerprint density at radius 2 is 2.36 bits per heavy atom. The van der Waals surface area contributed by atoms with Gasteiger partial charge >= 0.3 is 0 Å². The van der Waals surface area contributed by atoms with E-state index in [1.165, 1.54) is 0 Å². The van der Waals surface area contributed by atoms with Crippen LogP contribution in [0.5, 0.6) is 0 Å². The molecule has 2 N–H and O–H groups in total. The Morgan fingerprint density at radius 3 is 2.86 bits per heavy atom. The van der Waals surface area contributed by atoms with Crippen LogP contribution in [0.15, 0.2) is 12.4 Å². The van der Waals surface area contributed by atoms with E-state index in [2.05, 4.69) is 11.2 Å². The third kappa shape index (κ3) is 3.09. The minimum Gasteiger partial charge on any atom is -0.396 e. The second-order valence-corrected chi connectivity index (χ2v) is 4.14. The zero-order chi connectivity index (χ0) is 10.6. The highest BCUT2D eigenvalue weighted by Crippen LogP contribution is 2.20. The van der Waals surface area contributed by atoms with Crippen LogP contribution in [-0.2, 0) is 6.54 Å². The summed E-state index contributed by atoms with van der Waals surface area (Å²) in [4.78, 5) is 0. The Kier molecular flexibility index (Phi) is 3.13. The number of rotatable bonds is 4. The van der Waals surface area contributed by atoms with E-state index in [1.807, 2.05) is 18.5 Å². The maximum atomic E-state index is 8.80. The Labute approximate surface area is 84.3 Å². The molecule has 0 saturated heterocycles. The fourth-order valence-electron chi connectivity index (χ4n) is 1.24. The van der Waals surface area contributed by atoms with E-state index in [4.69, 9.17) is 11.0 Å². The maximum Gasteiger partial charge on any atom is 0.0719 e. The summed E-state index contributed by atoms with van der Waals surface area (Å²) in [6.07, 6.45) is 5.26. The zero-order valence-electron chi connectivity index (χ0n) is 8.70. The average Bonchev–Trinajstić information content (AvgIpc) is 2.51. The molecule has 1 aromatic heterocycles. The van der Waals surface area contributed by atoms with Crippen LogP contribution in [0.1, 0.15) is 26.7 Å². The number of nitriles is 1. The van der Waals surface area contributed by atoms with Crippen molar-refractivity contribution in [1.29, 1.82) is 5.26 Å². The predicted octanol–water partition coefficient (Wildman–Crippen LogP) is 1.80. The van der Waals surface area contributed by atoms with Crippen LogP contribution in [0.3, 0.4) is 0 Å². The molecule has 4 heteroatoms. The molecule has 0 aromatic carbocycles.